The van der Waals surface area contributed by atoms with E-state index < -0.39 is 17.4 Å². The molecule has 2 aromatic rings. The van der Waals surface area contributed by atoms with Crippen molar-refractivity contribution in [2.24, 2.45) is 0 Å². The number of benzene rings is 1. The third kappa shape index (κ3) is 4.92. The first-order valence-electron chi connectivity index (χ1n) is 8.23. The predicted octanol–water partition coefficient (Wildman–Crippen LogP) is 1.77. The molecular weight excluding hydrogens is 338 g/mol. The Morgan fingerprint density at radius 3 is 2.46 bits per heavy atom. The molecule has 0 atom stereocenters. The van der Waals surface area contributed by atoms with Crippen LogP contribution in [-0.4, -0.2) is 34.9 Å². The summed E-state index contributed by atoms with van der Waals surface area (Å²) in [5.41, 5.74) is 0.176. The van der Waals surface area contributed by atoms with Gasteiger partial charge in [0.25, 0.3) is 5.56 Å². The summed E-state index contributed by atoms with van der Waals surface area (Å²) in [4.78, 5) is 36.4. The van der Waals surface area contributed by atoms with Gasteiger partial charge in [-0.25, -0.2) is 9.48 Å². The SMILES string of the molecule is CCOC(=O)c1cc(C)nn(CC(=O)Nc2ccc(OCC)cc2)c1=O. The lowest BCUT2D eigenvalue weighted by atomic mass is 10.2. The lowest BCUT2D eigenvalue weighted by Crippen LogP contribution is -2.34. The summed E-state index contributed by atoms with van der Waals surface area (Å²) >= 11 is 0. The summed E-state index contributed by atoms with van der Waals surface area (Å²) in [5.74, 6) is -0.478. The maximum absolute atomic E-state index is 12.3. The first-order valence-corrected chi connectivity index (χ1v) is 8.23. The summed E-state index contributed by atoms with van der Waals surface area (Å²) in [5, 5.41) is 6.68. The number of carbonyl (C=O) groups is 2. The van der Waals surface area contributed by atoms with Gasteiger partial charge in [-0.1, -0.05) is 0 Å². The third-order valence-corrected chi connectivity index (χ3v) is 3.33. The van der Waals surface area contributed by atoms with E-state index in [2.05, 4.69) is 10.4 Å². The third-order valence-electron chi connectivity index (χ3n) is 3.33. The molecule has 1 aromatic carbocycles. The summed E-state index contributed by atoms with van der Waals surface area (Å²) in [7, 11) is 0. The molecule has 26 heavy (non-hydrogen) atoms. The van der Waals surface area contributed by atoms with Gasteiger partial charge in [0.2, 0.25) is 5.91 Å². The standard InChI is InChI=1S/C18H21N3O5/c1-4-25-14-8-6-13(7-9-14)19-16(22)11-21-17(23)15(10-12(3)20-21)18(24)26-5-2/h6-10H,4-5,11H2,1-3H3,(H,19,22). The van der Waals surface area contributed by atoms with E-state index in [0.717, 1.165) is 4.68 Å². The molecule has 0 fully saturated rings. The van der Waals surface area contributed by atoms with Gasteiger partial charge in [0, 0.05) is 5.69 Å². The summed E-state index contributed by atoms with van der Waals surface area (Å²) in [6.45, 7) is 5.54. The van der Waals surface area contributed by atoms with E-state index in [1.165, 1.54) is 6.07 Å². The highest BCUT2D eigenvalue weighted by Gasteiger charge is 2.17. The number of amides is 1. The number of hydrogen-bond donors (Lipinski definition) is 1. The zero-order valence-electron chi connectivity index (χ0n) is 14.9. The van der Waals surface area contributed by atoms with E-state index in [0.29, 0.717) is 23.7 Å². The lowest BCUT2D eigenvalue weighted by molar-refractivity contribution is -0.117. The van der Waals surface area contributed by atoms with Crippen LogP contribution in [0.25, 0.3) is 0 Å². The number of hydrogen-bond acceptors (Lipinski definition) is 6. The Bertz CT molecular complexity index is 843. The number of esters is 1. The quantitative estimate of drug-likeness (QED) is 0.756. The van der Waals surface area contributed by atoms with Crippen LogP contribution in [0, 0.1) is 6.92 Å². The molecule has 1 aromatic heterocycles. The largest absolute Gasteiger partial charge is 0.494 e. The fourth-order valence-corrected chi connectivity index (χ4v) is 2.27. The predicted molar refractivity (Wildman–Crippen MR) is 95.4 cm³/mol. The van der Waals surface area contributed by atoms with Gasteiger partial charge in [0.15, 0.2) is 0 Å². The number of rotatable bonds is 7. The molecule has 0 saturated carbocycles. The minimum absolute atomic E-state index is 0.145. The van der Waals surface area contributed by atoms with Gasteiger partial charge in [-0.2, -0.15) is 5.10 Å². The molecule has 8 nitrogen and oxygen atoms in total. The van der Waals surface area contributed by atoms with Crippen LogP contribution in [0.3, 0.4) is 0 Å². The van der Waals surface area contributed by atoms with E-state index in [9.17, 15) is 14.4 Å². The summed E-state index contributed by atoms with van der Waals surface area (Å²) in [6.07, 6.45) is 0. The van der Waals surface area contributed by atoms with Crippen LogP contribution in [0.2, 0.25) is 0 Å². The van der Waals surface area contributed by atoms with Crippen LogP contribution in [0.4, 0.5) is 5.69 Å². The van der Waals surface area contributed by atoms with Crippen LogP contribution in [-0.2, 0) is 16.1 Å². The zero-order valence-corrected chi connectivity index (χ0v) is 14.9. The normalized spacial score (nSPS) is 10.3. The molecule has 2 rings (SSSR count). The van der Waals surface area contributed by atoms with Crippen LogP contribution in [0.15, 0.2) is 35.1 Å². The number of nitrogens with one attached hydrogen (secondary N) is 1. The molecule has 8 heteroatoms. The van der Waals surface area contributed by atoms with E-state index in [4.69, 9.17) is 9.47 Å². The minimum Gasteiger partial charge on any atom is -0.494 e. The maximum Gasteiger partial charge on any atom is 0.343 e. The molecule has 1 amide bonds. The van der Waals surface area contributed by atoms with Crippen molar-refractivity contribution in [3.63, 3.8) is 0 Å². The van der Waals surface area contributed by atoms with Crippen LogP contribution in [0.1, 0.15) is 29.9 Å². The molecule has 1 heterocycles. The zero-order chi connectivity index (χ0) is 19.1. The Labute approximate surface area is 150 Å². The van der Waals surface area contributed by atoms with Crippen molar-refractivity contribution in [1.29, 1.82) is 0 Å². The fraction of sp³-hybridized carbons (Fsp3) is 0.333. The van der Waals surface area contributed by atoms with E-state index in [-0.39, 0.29) is 18.7 Å². The number of carbonyl (C=O) groups excluding carboxylic acids is 2. The average molecular weight is 359 g/mol. The van der Waals surface area contributed by atoms with Crippen LogP contribution in [0.5, 0.6) is 5.75 Å². The maximum atomic E-state index is 12.3. The minimum atomic E-state index is -0.733. The van der Waals surface area contributed by atoms with Crippen molar-refractivity contribution in [3.8, 4) is 5.75 Å². The average Bonchev–Trinajstić information content (AvgIpc) is 2.60. The fourth-order valence-electron chi connectivity index (χ4n) is 2.27. The Balaban J connectivity index is 2.13. The van der Waals surface area contributed by atoms with Gasteiger partial charge in [-0.05, 0) is 51.1 Å². The Morgan fingerprint density at radius 1 is 1.15 bits per heavy atom. The second kappa shape index (κ2) is 8.80. The smallest absolute Gasteiger partial charge is 0.343 e. The van der Waals surface area contributed by atoms with Gasteiger partial charge in [-0.3, -0.25) is 9.59 Å². The van der Waals surface area contributed by atoms with Crippen molar-refractivity contribution in [2.75, 3.05) is 18.5 Å². The summed E-state index contributed by atoms with van der Waals surface area (Å²) < 4.78 is 11.1. The number of nitrogens with zero attached hydrogens (tertiary/aromatic N) is 2. The number of aryl methyl sites for hydroxylation is 1. The second-order valence-electron chi connectivity index (χ2n) is 5.39. The van der Waals surface area contributed by atoms with E-state index in [1.807, 2.05) is 6.92 Å². The van der Waals surface area contributed by atoms with Gasteiger partial charge >= 0.3 is 5.97 Å². The topological polar surface area (TPSA) is 99.5 Å². The molecule has 0 spiro atoms. The lowest BCUT2D eigenvalue weighted by Gasteiger charge is -2.10. The highest BCUT2D eigenvalue weighted by Crippen LogP contribution is 2.15. The first kappa shape index (κ1) is 19.2. The number of aromatic nitrogens is 2. The molecule has 0 aliphatic rings. The van der Waals surface area contributed by atoms with Crippen molar-refractivity contribution in [2.45, 2.75) is 27.3 Å². The Kier molecular flexibility index (Phi) is 6.48. The number of ether oxygens (including phenoxy) is 2. The van der Waals surface area contributed by atoms with Crippen LogP contribution < -0.4 is 15.6 Å². The van der Waals surface area contributed by atoms with Gasteiger partial charge in [-0.15, -0.1) is 0 Å². The molecule has 1 N–H and O–H groups in total. The first-order chi connectivity index (χ1) is 12.4. The molecular formula is C18H21N3O5. The molecule has 0 radical (unpaired) electrons. The Morgan fingerprint density at radius 2 is 1.85 bits per heavy atom. The summed E-state index contributed by atoms with van der Waals surface area (Å²) in [6, 6.07) is 8.20. The molecule has 0 aliphatic carbocycles. The van der Waals surface area contributed by atoms with Crippen molar-refractivity contribution >= 4 is 17.6 Å². The van der Waals surface area contributed by atoms with Crippen molar-refractivity contribution < 1.29 is 19.1 Å². The molecule has 0 saturated heterocycles. The van der Waals surface area contributed by atoms with Gasteiger partial charge in [0.1, 0.15) is 17.9 Å². The Hall–Kier alpha value is -3.16. The van der Waals surface area contributed by atoms with Crippen LogP contribution >= 0.6 is 0 Å². The number of anilines is 1. The monoisotopic (exact) mass is 359 g/mol. The molecule has 0 unspecified atom stereocenters. The highest BCUT2D eigenvalue weighted by atomic mass is 16.5. The van der Waals surface area contributed by atoms with Gasteiger partial charge < -0.3 is 14.8 Å². The van der Waals surface area contributed by atoms with E-state index in [1.54, 1.807) is 38.1 Å². The van der Waals surface area contributed by atoms with Crippen molar-refractivity contribution in [1.82, 2.24) is 9.78 Å². The molecule has 0 bridgehead atoms. The van der Waals surface area contributed by atoms with Gasteiger partial charge in [0.05, 0.1) is 18.9 Å². The second-order valence-corrected chi connectivity index (χ2v) is 5.39. The van der Waals surface area contributed by atoms with E-state index >= 15 is 0 Å². The highest BCUT2D eigenvalue weighted by molar-refractivity contribution is 5.91. The molecule has 138 valence electrons. The molecule has 0 aliphatic heterocycles. The van der Waals surface area contributed by atoms with Crippen molar-refractivity contribution in [3.05, 3.63) is 51.9 Å².